The number of benzene rings is 2. The summed E-state index contributed by atoms with van der Waals surface area (Å²) in [7, 11) is -0.948. The summed E-state index contributed by atoms with van der Waals surface area (Å²) in [5, 5.41) is 3.12. The van der Waals surface area contributed by atoms with Gasteiger partial charge in [0.15, 0.2) is 11.5 Å². The van der Waals surface area contributed by atoms with Crippen LogP contribution in [0.3, 0.4) is 0 Å². The van der Waals surface area contributed by atoms with E-state index in [9.17, 15) is 13.2 Å². The Morgan fingerprint density at radius 2 is 1.72 bits per heavy atom. The van der Waals surface area contributed by atoms with Gasteiger partial charge in [-0.05, 0) is 37.3 Å². The van der Waals surface area contributed by atoms with Crippen molar-refractivity contribution in [1.29, 1.82) is 0 Å². The van der Waals surface area contributed by atoms with E-state index in [0.717, 1.165) is 0 Å². The SMILES string of the molecule is CCOc1ccc(Cl)cc1NC(=O)CCNS(=O)(=O)c1ccc(OC)c(OC)c1. The zero-order valence-electron chi connectivity index (χ0n) is 16.3. The Labute approximate surface area is 175 Å². The van der Waals surface area contributed by atoms with Crippen LogP contribution in [0.1, 0.15) is 13.3 Å². The molecular weight excluding hydrogens is 420 g/mol. The molecule has 0 atom stereocenters. The van der Waals surface area contributed by atoms with Gasteiger partial charge in [0, 0.05) is 24.1 Å². The lowest BCUT2D eigenvalue weighted by molar-refractivity contribution is -0.116. The van der Waals surface area contributed by atoms with E-state index in [1.54, 1.807) is 18.2 Å². The first-order valence-electron chi connectivity index (χ1n) is 8.74. The number of ether oxygens (including phenoxy) is 3. The second kappa shape index (κ2) is 10.3. The molecule has 0 aliphatic carbocycles. The van der Waals surface area contributed by atoms with Crippen molar-refractivity contribution in [2.24, 2.45) is 0 Å². The van der Waals surface area contributed by atoms with Crippen molar-refractivity contribution < 1.29 is 27.4 Å². The summed E-state index contributed by atoms with van der Waals surface area (Å²) in [5.41, 5.74) is 0.423. The fourth-order valence-electron chi connectivity index (χ4n) is 2.46. The van der Waals surface area contributed by atoms with E-state index in [1.165, 1.54) is 32.4 Å². The van der Waals surface area contributed by atoms with Gasteiger partial charge >= 0.3 is 0 Å². The van der Waals surface area contributed by atoms with Gasteiger partial charge in [-0.15, -0.1) is 0 Å². The van der Waals surface area contributed by atoms with Gasteiger partial charge in [-0.3, -0.25) is 4.79 Å². The van der Waals surface area contributed by atoms with Gasteiger partial charge in [-0.2, -0.15) is 0 Å². The standard InChI is InChI=1S/C19H23ClN2O6S/c1-4-28-16-7-5-13(20)11-15(16)22-19(23)9-10-21-29(24,25)14-6-8-17(26-2)18(12-14)27-3/h5-8,11-12,21H,4,9-10H2,1-3H3,(H,22,23). The zero-order chi connectivity index (χ0) is 21.4. The van der Waals surface area contributed by atoms with Gasteiger partial charge in [0.05, 0.1) is 31.4 Å². The Balaban J connectivity index is 1.99. The molecule has 0 saturated heterocycles. The molecule has 0 aromatic heterocycles. The minimum Gasteiger partial charge on any atom is -0.493 e. The fraction of sp³-hybridized carbons (Fsp3) is 0.316. The van der Waals surface area contributed by atoms with Crippen molar-refractivity contribution in [2.45, 2.75) is 18.2 Å². The van der Waals surface area contributed by atoms with E-state index in [1.807, 2.05) is 6.92 Å². The molecule has 0 unspecified atom stereocenters. The van der Waals surface area contributed by atoms with Crippen molar-refractivity contribution in [3.8, 4) is 17.2 Å². The third-order valence-corrected chi connectivity index (χ3v) is 5.52. The van der Waals surface area contributed by atoms with Crippen LogP contribution >= 0.6 is 11.6 Å². The molecule has 2 aromatic carbocycles. The normalized spacial score (nSPS) is 11.0. The molecule has 29 heavy (non-hydrogen) atoms. The number of hydrogen-bond acceptors (Lipinski definition) is 6. The number of rotatable bonds is 10. The van der Waals surface area contributed by atoms with Crippen LogP contribution in [0.15, 0.2) is 41.3 Å². The van der Waals surface area contributed by atoms with Crippen molar-refractivity contribution in [3.63, 3.8) is 0 Å². The fourth-order valence-corrected chi connectivity index (χ4v) is 3.68. The molecule has 0 bridgehead atoms. The smallest absolute Gasteiger partial charge is 0.240 e. The zero-order valence-corrected chi connectivity index (χ0v) is 17.9. The molecule has 8 nitrogen and oxygen atoms in total. The van der Waals surface area contributed by atoms with Gasteiger partial charge in [0.2, 0.25) is 15.9 Å². The van der Waals surface area contributed by atoms with Crippen LogP contribution in [0.5, 0.6) is 17.2 Å². The molecule has 10 heteroatoms. The monoisotopic (exact) mass is 442 g/mol. The highest BCUT2D eigenvalue weighted by atomic mass is 35.5. The molecule has 2 rings (SSSR count). The molecule has 0 aliphatic heterocycles. The first kappa shape index (κ1) is 22.8. The van der Waals surface area contributed by atoms with E-state index < -0.39 is 10.0 Å². The summed E-state index contributed by atoms with van der Waals surface area (Å²) in [4.78, 5) is 12.2. The summed E-state index contributed by atoms with van der Waals surface area (Å²) in [6.07, 6.45) is -0.0788. The summed E-state index contributed by atoms with van der Waals surface area (Å²) < 4.78 is 42.9. The van der Waals surface area contributed by atoms with Crippen LogP contribution in [0.4, 0.5) is 5.69 Å². The third-order valence-electron chi connectivity index (χ3n) is 3.82. The third kappa shape index (κ3) is 6.25. The van der Waals surface area contributed by atoms with Gasteiger partial charge in [-0.1, -0.05) is 11.6 Å². The average molecular weight is 443 g/mol. The Bertz CT molecular complexity index is 965. The predicted octanol–water partition coefficient (Wildman–Crippen LogP) is 3.06. The van der Waals surface area contributed by atoms with Crippen molar-refractivity contribution in [2.75, 3.05) is 32.7 Å². The average Bonchev–Trinajstić information content (AvgIpc) is 2.69. The van der Waals surface area contributed by atoms with Crippen LogP contribution in [0.25, 0.3) is 0 Å². The van der Waals surface area contributed by atoms with E-state index in [-0.39, 0.29) is 29.5 Å². The Morgan fingerprint density at radius 3 is 2.38 bits per heavy atom. The number of sulfonamides is 1. The van der Waals surface area contributed by atoms with Crippen molar-refractivity contribution >= 4 is 33.2 Å². The Morgan fingerprint density at radius 1 is 1.03 bits per heavy atom. The number of halogens is 1. The first-order valence-corrected chi connectivity index (χ1v) is 10.6. The second-order valence-electron chi connectivity index (χ2n) is 5.79. The highest BCUT2D eigenvalue weighted by molar-refractivity contribution is 7.89. The molecule has 2 N–H and O–H groups in total. The lowest BCUT2D eigenvalue weighted by Gasteiger charge is -2.13. The number of nitrogens with one attached hydrogen (secondary N) is 2. The minimum absolute atomic E-state index is 0.00373. The maximum atomic E-state index is 12.4. The van der Waals surface area contributed by atoms with Gasteiger partial charge in [0.25, 0.3) is 0 Å². The first-order chi connectivity index (χ1) is 13.8. The van der Waals surface area contributed by atoms with E-state index in [2.05, 4.69) is 10.0 Å². The number of carbonyl (C=O) groups excluding carboxylic acids is 1. The minimum atomic E-state index is -3.82. The van der Waals surface area contributed by atoms with Crippen LogP contribution in [0.2, 0.25) is 5.02 Å². The number of amides is 1. The molecule has 0 radical (unpaired) electrons. The largest absolute Gasteiger partial charge is 0.493 e. The molecule has 0 aliphatic rings. The van der Waals surface area contributed by atoms with Crippen molar-refractivity contribution in [1.82, 2.24) is 4.72 Å². The van der Waals surface area contributed by atoms with Crippen LogP contribution in [-0.2, 0) is 14.8 Å². The number of hydrogen-bond donors (Lipinski definition) is 2. The lowest BCUT2D eigenvalue weighted by Crippen LogP contribution is -2.28. The quantitative estimate of drug-likeness (QED) is 0.586. The maximum absolute atomic E-state index is 12.4. The Kier molecular flexibility index (Phi) is 8.12. The molecular formula is C19H23ClN2O6S. The highest BCUT2D eigenvalue weighted by Crippen LogP contribution is 2.30. The summed E-state index contributed by atoms with van der Waals surface area (Å²) >= 11 is 5.96. The predicted molar refractivity (Wildman–Crippen MR) is 111 cm³/mol. The molecule has 158 valence electrons. The van der Waals surface area contributed by atoms with E-state index in [0.29, 0.717) is 28.8 Å². The Hall–Kier alpha value is -2.49. The molecule has 0 spiro atoms. The van der Waals surface area contributed by atoms with Gasteiger partial charge in [-0.25, -0.2) is 13.1 Å². The summed E-state index contributed by atoms with van der Waals surface area (Å²) in [5.74, 6) is 0.800. The lowest BCUT2D eigenvalue weighted by atomic mass is 10.2. The van der Waals surface area contributed by atoms with E-state index in [4.69, 9.17) is 25.8 Å². The second-order valence-corrected chi connectivity index (χ2v) is 7.99. The highest BCUT2D eigenvalue weighted by Gasteiger charge is 2.17. The maximum Gasteiger partial charge on any atom is 0.240 e. The van der Waals surface area contributed by atoms with Crippen molar-refractivity contribution in [3.05, 3.63) is 41.4 Å². The van der Waals surface area contributed by atoms with Crippen LogP contribution in [-0.4, -0.2) is 41.7 Å². The summed E-state index contributed by atoms with van der Waals surface area (Å²) in [6, 6.07) is 9.11. The number of methoxy groups -OCH3 is 2. The van der Waals surface area contributed by atoms with Gasteiger partial charge < -0.3 is 19.5 Å². The van der Waals surface area contributed by atoms with Gasteiger partial charge in [0.1, 0.15) is 5.75 Å². The molecule has 2 aromatic rings. The number of carbonyl (C=O) groups is 1. The topological polar surface area (TPSA) is 103 Å². The molecule has 0 heterocycles. The van der Waals surface area contributed by atoms with Crippen LogP contribution < -0.4 is 24.2 Å². The molecule has 0 saturated carbocycles. The number of anilines is 1. The van der Waals surface area contributed by atoms with E-state index >= 15 is 0 Å². The summed E-state index contributed by atoms with van der Waals surface area (Å²) in [6.45, 7) is 2.16. The van der Waals surface area contributed by atoms with Crippen LogP contribution in [0, 0.1) is 0 Å². The molecule has 1 amide bonds. The molecule has 0 fully saturated rings.